The fourth-order valence-corrected chi connectivity index (χ4v) is 3.43. The molecule has 0 bridgehead atoms. The topological polar surface area (TPSA) is 102 Å². The van der Waals surface area contributed by atoms with Crippen molar-refractivity contribution >= 4 is 17.8 Å². The van der Waals surface area contributed by atoms with Gasteiger partial charge in [0, 0.05) is 31.7 Å². The van der Waals surface area contributed by atoms with Gasteiger partial charge < -0.3 is 20.3 Å². The van der Waals surface area contributed by atoms with Crippen molar-refractivity contribution in [3.63, 3.8) is 0 Å². The Balaban J connectivity index is 1.65. The van der Waals surface area contributed by atoms with Crippen molar-refractivity contribution < 1.29 is 19.5 Å². The Kier molecular flexibility index (Phi) is 6.47. The molecule has 1 aliphatic heterocycles. The van der Waals surface area contributed by atoms with E-state index in [-0.39, 0.29) is 24.3 Å². The summed E-state index contributed by atoms with van der Waals surface area (Å²) < 4.78 is 0. The molecule has 1 atom stereocenters. The van der Waals surface area contributed by atoms with Crippen LogP contribution in [-0.2, 0) is 11.2 Å². The van der Waals surface area contributed by atoms with Gasteiger partial charge in [0.05, 0.1) is 5.56 Å². The highest BCUT2D eigenvalue weighted by Crippen LogP contribution is 2.14. The van der Waals surface area contributed by atoms with Crippen molar-refractivity contribution in [2.75, 3.05) is 13.1 Å². The summed E-state index contributed by atoms with van der Waals surface area (Å²) in [6, 6.07) is 10.9. The van der Waals surface area contributed by atoms with Crippen molar-refractivity contribution in [1.82, 2.24) is 15.2 Å². The Morgan fingerprint density at radius 1 is 1.14 bits per heavy atom. The number of carbonyl (C=O) groups is 3. The number of benzene rings is 1. The van der Waals surface area contributed by atoms with E-state index in [0.717, 1.165) is 31.5 Å². The zero-order chi connectivity index (χ0) is 19.9. The molecule has 7 nitrogen and oxygen atoms in total. The molecule has 1 aliphatic rings. The zero-order valence-electron chi connectivity index (χ0n) is 15.7. The Morgan fingerprint density at radius 3 is 2.54 bits per heavy atom. The number of rotatable bonds is 8. The lowest BCUT2D eigenvalue weighted by Crippen LogP contribution is -2.36. The van der Waals surface area contributed by atoms with Gasteiger partial charge in [-0.25, -0.2) is 0 Å². The van der Waals surface area contributed by atoms with Gasteiger partial charge in [0.25, 0.3) is 11.8 Å². The van der Waals surface area contributed by atoms with Crippen molar-refractivity contribution in [3.05, 3.63) is 59.4 Å². The number of nitrogens with one attached hydrogen (secondary N) is 2. The standard InChI is InChI=1S/C21H25N3O4/c25-19(26)9-8-17(12-15-6-2-1-3-7-15)23-20(27)16-13-18(22-14-16)21(28)24-10-4-5-11-24/h1-3,6-7,13-14,17,22H,4-5,8-12H2,(H,23,27)(H,25,26). The molecule has 3 rings (SSSR count). The maximum atomic E-state index is 12.6. The minimum atomic E-state index is -0.896. The number of hydrogen-bond donors (Lipinski definition) is 3. The molecule has 0 saturated carbocycles. The van der Waals surface area contributed by atoms with E-state index < -0.39 is 5.97 Å². The quantitative estimate of drug-likeness (QED) is 0.651. The van der Waals surface area contributed by atoms with Gasteiger partial charge in [0.1, 0.15) is 5.69 Å². The smallest absolute Gasteiger partial charge is 0.303 e. The summed E-state index contributed by atoms with van der Waals surface area (Å²) in [6.07, 6.45) is 4.39. The number of hydrogen-bond acceptors (Lipinski definition) is 3. The van der Waals surface area contributed by atoms with Crippen LogP contribution >= 0.6 is 0 Å². The summed E-state index contributed by atoms with van der Waals surface area (Å²) in [4.78, 5) is 40.7. The van der Waals surface area contributed by atoms with Gasteiger partial charge in [-0.3, -0.25) is 14.4 Å². The molecule has 2 heterocycles. The Labute approximate surface area is 163 Å². The van der Waals surface area contributed by atoms with Crippen molar-refractivity contribution in [2.45, 2.75) is 38.1 Å². The fraction of sp³-hybridized carbons (Fsp3) is 0.381. The second-order valence-corrected chi connectivity index (χ2v) is 7.09. The molecule has 3 N–H and O–H groups in total. The molecule has 0 aliphatic carbocycles. The number of aromatic amines is 1. The first-order valence-electron chi connectivity index (χ1n) is 9.57. The van der Waals surface area contributed by atoms with Gasteiger partial charge in [0.2, 0.25) is 0 Å². The Morgan fingerprint density at radius 2 is 1.86 bits per heavy atom. The van der Waals surface area contributed by atoms with E-state index >= 15 is 0 Å². The van der Waals surface area contributed by atoms with Crippen LogP contribution in [0.1, 0.15) is 52.1 Å². The maximum absolute atomic E-state index is 12.6. The van der Waals surface area contributed by atoms with Crippen LogP contribution in [0.2, 0.25) is 0 Å². The van der Waals surface area contributed by atoms with Gasteiger partial charge in [-0.15, -0.1) is 0 Å². The molecule has 1 aromatic heterocycles. The number of amides is 2. The van der Waals surface area contributed by atoms with Crippen LogP contribution in [0, 0.1) is 0 Å². The number of carboxylic acids is 1. The number of H-pyrrole nitrogens is 1. The summed E-state index contributed by atoms with van der Waals surface area (Å²) in [7, 11) is 0. The SMILES string of the molecule is O=C(O)CCC(Cc1ccccc1)NC(=O)c1c[nH]c(C(=O)N2CCCC2)c1. The predicted molar refractivity (Wildman–Crippen MR) is 104 cm³/mol. The predicted octanol–water partition coefficient (Wildman–Crippen LogP) is 2.46. The van der Waals surface area contributed by atoms with E-state index in [2.05, 4.69) is 10.3 Å². The second-order valence-electron chi connectivity index (χ2n) is 7.09. The molecule has 1 aromatic carbocycles. The first kappa shape index (κ1) is 19.7. The molecule has 1 saturated heterocycles. The van der Waals surface area contributed by atoms with E-state index in [1.54, 1.807) is 11.0 Å². The first-order valence-corrected chi connectivity index (χ1v) is 9.57. The normalized spacial score (nSPS) is 14.6. The van der Waals surface area contributed by atoms with Crippen molar-refractivity contribution in [1.29, 1.82) is 0 Å². The number of nitrogens with zero attached hydrogens (tertiary/aromatic N) is 1. The average Bonchev–Trinajstić information content (AvgIpc) is 3.38. The first-order chi connectivity index (χ1) is 13.5. The summed E-state index contributed by atoms with van der Waals surface area (Å²) in [5.41, 5.74) is 1.80. The lowest BCUT2D eigenvalue weighted by atomic mass is 10.0. The number of aliphatic carboxylic acids is 1. The van der Waals surface area contributed by atoms with E-state index in [1.807, 2.05) is 30.3 Å². The average molecular weight is 383 g/mol. The number of carbonyl (C=O) groups excluding carboxylic acids is 2. The number of aromatic nitrogens is 1. The highest BCUT2D eigenvalue weighted by atomic mass is 16.4. The molecule has 0 radical (unpaired) electrons. The number of likely N-dealkylation sites (tertiary alicyclic amines) is 1. The Hall–Kier alpha value is -3.09. The third-order valence-corrected chi connectivity index (χ3v) is 4.94. The van der Waals surface area contributed by atoms with E-state index in [9.17, 15) is 14.4 Å². The molecule has 2 aromatic rings. The molecule has 28 heavy (non-hydrogen) atoms. The Bertz CT molecular complexity index is 825. The van der Waals surface area contributed by atoms with Crippen LogP contribution in [0.25, 0.3) is 0 Å². The summed E-state index contributed by atoms with van der Waals surface area (Å²) in [5, 5.41) is 11.9. The molecule has 2 amide bonds. The van der Waals surface area contributed by atoms with Crippen LogP contribution in [0.4, 0.5) is 0 Å². The lowest BCUT2D eigenvalue weighted by Gasteiger charge is -2.18. The van der Waals surface area contributed by atoms with Gasteiger partial charge >= 0.3 is 5.97 Å². The molecule has 1 fully saturated rings. The zero-order valence-corrected chi connectivity index (χ0v) is 15.7. The van der Waals surface area contributed by atoms with E-state index in [4.69, 9.17) is 5.11 Å². The molecule has 1 unspecified atom stereocenters. The van der Waals surface area contributed by atoms with Crippen LogP contribution in [0.15, 0.2) is 42.6 Å². The van der Waals surface area contributed by atoms with E-state index in [0.29, 0.717) is 24.1 Å². The largest absolute Gasteiger partial charge is 0.481 e. The van der Waals surface area contributed by atoms with E-state index in [1.165, 1.54) is 6.20 Å². The lowest BCUT2D eigenvalue weighted by molar-refractivity contribution is -0.137. The molecule has 0 spiro atoms. The third-order valence-electron chi connectivity index (χ3n) is 4.94. The highest BCUT2D eigenvalue weighted by Gasteiger charge is 2.22. The molecule has 148 valence electrons. The number of carboxylic acid groups (broad SMARTS) is 1. The van der Waals surface area contributed by atoms with Crippen LogP contribution < -0.4 is 5.32 Å². The van der Waals surface area contributed by atoms with Gasteiger partial charge in [-0.05, 0) is 37.3 Å². The summed E-state index contributed by atoms with van der Waals surface area (Å²) in [5.74, 6) is -1.31. The van der Waals surface area contributed by atoms with Crippen molar-refractivity contribution in [2.24, 2.45) is 0 Å². The third kappa shape index (κ3) is 5.22. The molecule has 7 heteroatoms. The minimum absolute atomic E-state index is 0.0242. The van der Waals surface area contributed by atoms with Gasteiger partial charge in [-0.2, -0.15) is 0 Å². The van der Waals surface area contributed by atoms with Gasteiger partial charge in [-0.1, -0.05) is 30.3 Å². The van der Waals surface area contributed by atoms with Crippen LogP contribution in [0.3, 0.4) is 0 Å². The minimum Gasteiger partial charge on any atom is -0.481 e. The van der Waals surface area contributed by atoms with Gasteiger partial charge in [0.15, 0.2) is 0 Å². The van der Waals surface area contributed by atoms with Crippen molar-refractivity contribution in [3.8, 4) is 0 Å². The van der Waals surface area contributed by atoms with Crippen LogP contribution in [0.5, 0.6) is 0 Å². The summed E-state index contributed by atoms with van der Waals surface area (Å²) >= 11 is 0. The summed E-state index contributed by atoms with van der Waals surface area (Å²) in [6.45, 7) is 1.49. The molecular formula is C21H25N3O4. The highest BCUT2D eigenvalue weighted by molar-refractivity contribution is 5.99. The fourth-order valence-electron chi connectivity index (χ4n) is 3.43. The maximum Gasteiger partial charge on any atom is 0.303 e. The second kappa shape index (κ2) is 9.21. The van der Waals surface area contributed by atoms with Crippen LogP contribution in [-0.4, -0.2) is 51.9 Å². The monoisotopic (exact) mass is 383 g/mol. The molecular weight excluding hydrogens is 358 g/mol.